The van der Waals surface area contributed by atoms with Crippen LogP contribution in [0.5, 0.6) is 0 Å². The van der Waals surface area contributed by atoms with E-state index in [1.54, 1.807) is 17.0 Å². The lowest BCUT2D eigenvalue weighted by molar-refractivity contribution is -0.126. The Balaban J connectivity index is 1.61. The van der Waals surface area contributed by atoms with Gasteiger partial charge in [-0.25, -0.2) is 0 Å². The molecule has 2 heterocycles. The van der Waals surface area contributed by atoms with Crippen molar-refractivity contribution < 1.29 is 17.8 Å². The molecule has 1 saturated heterocycles. The molecule has 2 aromatic carbocycles. The summed E-state index contributed by atoms with van der Waals surface area (Å²) in [6, 6.07) is 12.8. The highest BCUT2D eigenvalue weighted by Crippen LogP contribution is 2.36. The van der Waals surface area contributed by atoms with Crippen LogP contribution in [0.2, 0.25) is 10.0 Å². The molecule has 9 heteroatoms. The van der Waals surface area contributed by atoms with Gasteiger partial charge in [0.05, 0.1) is 15.3 Å². The van der Waals surface area contributed by atoms with Gasteiger partial charge in [-0.1, -0.05) is 29.3 Å². The second-order valence-electron chi connectivity index (χ2n) is 7.82. The molecule has 0 aliphatic carbocycles. The largest absolute Gasteiger partial charge is 0.351 e. The SMILES string of the molecule is Cn1ccc2cc(-c3c[c]c(Cl)c(Cl)c3/C=C/C(=O)N3CCC(S(=O)(=O)O)CC3)ccc21. The van der Waals surface area contributed by atoms with Crippen molar-refractivity contribution in [2.45, 2.75) is 18.1 Å². The number of hydrogen-bond donors (Lipinski definition) is 1. The summed E-state index contributed by atoms with van der Waals surface area (Å²) < 4.78 is 33.8. The summed E-state index contributed by atoms with van der Waals surface area (Å²) in [5.41, 5.74) is 3.41. The molecule has 1 aliphatic heterocycles. The summed E-state index contributed by atoms with van der Waals surface area (Å²) in [6.07, 6.45) is 5.43. The minimum Gasteiger partial charge on any atom is -0.351 e. The Morgan fingerprint density at radius 2 is 1.94 bits per heavy atom. The molecule has 1 fully saturated rings. The molecule has 32 heavy (non-hydrogen) atoms. The molecule has 1 amide bonds. The first-order chi connectivity index (χ1) is 15.1. The molecule has 0 spiro atoms. The summed E-state index contributed by atoms with van der Waals surface area (Å²) >= 11 is 12.7. The van der Waals surface area contributed by atoms with E-state index >= 15 is 0 Å². The number of aryl methyl sites for hydroxylation is 1. The second-order valence-corrected chi connectivity index (χ2v) is 10.3. The quantitative estimate of drug-likeness (QED) is 0.418. The van der Waals surface area contributed by atoms with Crippen LogP contribution in [0.4, 0.5) is 0 Å². The first-order valence-corrected chi connectivity index (χ1v) is 12.3. The number of fused-ring (bicyclic) bond motifs is 1. The van der Waals surface area contributed by atoms with Gasteiger partial charge in [-0.05, 0) is 54.3 Å². The van der Waals surface area contributed by atoms with Crippen LogP contribution < -0.4 is 0 Å². The van der Waals surface area contributed by atoms with Crippen LogP contribution in [0.1, 0.15) is 18.4 Å². The van der Waals surface area contributed by atoms with Gasteiger partial charge in [-0.15, -0.1) is 0 Å². The van der Waals surface area contributed by atoms with Gasteiger partial charge in [0.25, 0.3) is 10.1 Å². The summed E-state index contributed by atoms with van der Waals surface area (Å²) in [5, 5.41) is 0.806. The fraction of sp³-hybridized carbons (Fsp3) is 0.261. The summed E-state index contributed by atoms with van der Waals surface area (Å²) in [7, 11) is -2.10. The Morgan fingerprint density at radius 1 is 1.22 bits per heavy atom. The van der Waals surface area contributed by atoms with E-state index in [-0.39, 0.29) is 36.9 Å². The first kappa shape index (κ1) is 22.9. The number of rotatable bonds is 4. The molecule has 1 aliphatic rings. The van der Waals surface area contributed by atoms with Crippen molar-refractivity contribution in [1.82, 2.24) is 9.47 Å². The Morgan fingerprint density at radius 3 is 2.62 bits per heavy atom. The van der Waals surface area contributed by atoms with Crippen molar-refractivity contribution in [3.8, 4) is 11.1 Å². The number of aromatic nitrogens is 1. The van der Waals surface area contributed by atoms with Crippen LogP contribution in [0, 0.1) is 6.07 Å². The molecule has 3 aromatic rings. The highest BCUT2D eigenvalue weighted by Gasteiger charge is 2.29. The summed E-state index contributed by atoms with van der Waals surface area (Å²) in [4.78, 5) is 14.2. The number of likely N-dealkylation sites (tertiary alicyclic amines) is 1. The van der Waals surface area contributed by atoms with Gasteiger partial charge >= 0.3 is 0 Å². The van der Waals surface area contributed by atoms with Crippen LogP contribution in [-0.2, 0) is 22.0 Å². The van der Waals surface area contributed by atoms with Crippen molar-refractivity contribution >= 4 is 56.2 Å². The van der Waals surface area contributed by atoms with Crippen LogP contribution in [0.3, 0.4) is 0 Å². The van der Waals surface area contributed by atoms with Crippen LogP contribution in [0.25, 0.3) is 28.1 Å². The van der Waals surface area contributed by atoms with E-state index in [0.29, 0.717) is 10.6 Å². The monoisotopic (exact) mass is 491 g/mol. The lowest BCUT2D eigenvalue weighted by atomic mass is 9.98. The molecular formula is C23H21Cl2N2O4S. The number of piperidine rings is 1. The Labute approximate surface area is 196 Å². The van der Waals surface area contributed by atoms with Crippen molar-refractivity contribution in [3.05, 3.63) is 64.3 Å². The fourth-order valence-corrected chi connectivity index (χ4v) is 5.18. The standard InChI is InChI=1S/C23H21Cl2N2O4S/c1-26-11-8-16-14-15(2-6-21(16)26)18-3-5-20(24)23(25)19(18)4-7-22(28)27-12-9-17(10-13-27)32(29,30)31/h2-4,6-8,11,14,17H,9-10,12-13H2,1H3,(H,29,30,31)/b7-4+. The number of hydrogen-bond acceptors (Lipinski definition) is 3. The predicted octanol–water partition coefficient (Wildman–Crippen LogP) is 4.84. The van der Waals surface area contributed by atoms with E-state index in [4.69, 9.17) is 23.2 Å². The lowest BCUT2D eigenvalue weighted by Crippen LogP contribution is -2.41. The number of nitrogens with zero attached hydrogens (tertiary/aromatic N) is 2. The third kappa shape index (κ3) is 4.57. The van der Waals surface area contributed by atoms with Gasteiger partial charge in [-0.2, -0.15) is 8.42 Å². The van der Waals surface area contributed by atoms with Crippen molar-refractivity contribution in [2.75, 3.05) is 13.1 Å². The van der Waals surface area contributed by atoms with Gasteiger partial charge < -0.3 is 9.47 Å². The van der Waals surface area contributed by atoms with Crippen molar-refractivity contribution in [2.24, 2.45) is 7.05 Å². The molecular weight excluding hydrogens is 471 g/mol. The van der Waals surface area contributed by atoms with Gasteiger partial charge in [-0.3, -0.25) is 9.35 Å². The molecule has 0 bridgehead atoms. The van der Waals surface area contributed by atoms with Crippen molar-refractivity contribution in [1.29, 1.82) is 0 Å². The smallest absolute Gasteiger partial charge is 0.267 e. The average Bonchev–Trinajstić information content (AvgIpc) is 3.14. The van der Waals surface area contributed by atoms with Gasteiger partial charge in [0.15, 0.2) is 0 Å². The zero-order chi connectivity index (χ0) is 23.0. The Kier molecular flexibility index (Phi) is 6.36. The number of halogens is 2. The van der Waals surface area contributed by atoms with E-state index in [0.717, 1.165) is 22.0 Å². The van der Waals surface area contributed by atoms with Gasteiger partial charge in [0, 0.05) is 54.9 Å². The molecule has 4 rings (SSSR count). The molecule has 1 N–H and O–H groups in total. The molecule has 0 saturated carbocycles. The third-order valence-corrected chi connectivity index (χ3v) is 7.93. The van der Waals surface area contributed by atoms with Gasteiger partial charge in [0.1, 0.15) is 0 Å². The number of benzene rings is 2. The van der Waals surface area contributed by atoms with E-state index in [1.807, 2.05) is 42.1 Å². The molecule has 0 unspecified atom stereocenters. The molecule has 167 valence electrons. The predicted molar refractivity (Wildman–Crippen MR) is 127 cm³/mol. The Bertz CT molecular complexity index is 1320. The lowest BCUT2D eigenvalue weighted by Gasteiger charge is -2.29. The molecule has 6 nitrogen and oxygen atoms in total. The van der Waals surface area contributed by atoms with Crippen LogP contribution in [-0.4, -0.2) is 46.7 Å². The van der Waals surface area contributed by atoms with Gasteiger partial charge in [0.2, 0.25) is 5.91 Å². The molecule has 1 radical (unpaired) electrons. The Hall–Kier alpha value is -2.32. The van der Waals surface area contributed by atoms with E-state index in [1.165, 1.54) is 6.08 Å². The van der Waals surface area contributed by atoms with E-state index in [9.17, 15) is 17.8 Å². The number of carbonyl (C=O) groups excluding carboxylic acids is 1. The minimum atomic E-state index is -4.08. The maximum atomic E-state index is 12.7. The average molecular weight is 492 g/mol. The molecule has 0 atom stereocenters. The maximum Gasteiger partial charge on any atom is 0.267 e. The third-order valence-electron chi connectivity index (χ3n) is 5.83. The van der Waals surface area contributed by atoms with Crippen LogP contribution >= 0.6 is 23.2 Å². The van der Waals surface area contributed by atoms with Crippen LogP contribution in [0.15, 0.2) is 42.6 Å². The maximum absolute atomic E-state index is 12.7. The molecule has 1 aromatic heterocycles. The zero-order valence-corrected chi connectivity index (χ0v) is 19.6. The topological polar surface area (TPSA) is 79.6 Å². The van der Waals surface area contributed by atoms with E-state index < -0.39 is 15.4 Å². The fourth-order valence-electron chi connectivity index (χ4n) is 4.00. The number of amides is 1. The number of carbonyl (C=O) groups is 1. The second kappa shape index (κ2) is 8.90. The first-order valence-electron chi connectivity index (χ1n) is 10.0. The summed E-state index contributed by atoms with van der Waals surface area (Å²) in [6.45, 7) is 0.504. The van der Waals surface area contributed by atoms with E-state index in [2.05, 4.69) is 6.07 Å². The highest BCUT2D eigenvalue weighted by atomic mass is 35.5. The summed E-state index contributed by atoms with van der Waals surface area (Å²) in [5.74, 6) is -0.261. The normalized spacial score (nSPS) is 15.7. The highest BCUT2D eigenvalue weighted by molar-refractivity contribution is 7.86. The minimum absolute atomic E-state index is 0.202. The van der Waals surface area contributed by atoms with Crippen molar-refractivity contribution in [3.63, 3.8) is 0 Å². The zero-order valence-electron chi connectivity index (χ0n) is 17.3.